The van der Waals surface area contributed by atoms with E-state index in [9.17, 15) is 18.0 Å². The number of likely N-dealkylation sites (tertiary alicyclic amines) is 1. The highest BCUT2D eigenvalue weighted by Gasteiger charge is 2.36. The van der Waals surface area contributed by atoms with Crippen molar-refractivity contribution in [3.63, 3.8) is 0 Å². The molecule has 1 amide bonds. The molecule has 1 N–H and O–H groups in total. The lowest BCUT2D eigenvalue weighted by molar-refractivity contribution is -0.840. The highest BCUT2D eigenvalue weighted by atomic mass is 32.2. The third-order valence-corrected chi connectivity index (χ3v) is 5.15. The van der Waals surface area contributed by atoms with E-state index < -0.39 is 10.0 Å². The Kier molecular flexibility index (Phi) is 4.91. The molecule has 1 saturated heterocycles. The van der Waals surface area contributed by atoms with Gasteiger partial charge >= 0.3 is 5.91 Å². The van der Waals surface area contributed by atoms with Crippen LogP contribution in [0.4, 0.5) is 5.69 Å². The minimum absolute atomic E-state index is 0.0608. The van der Waals surface area contributed by atoms with Gasteiger partial charge in [-0.1, -0.05) is 0 Å². The predicted molar refractivity (Wildman–Crippen MR) is 88.6 cm³/mol. The SMILES string of the molecule is CC(=O)[N+]1(C)CCC(C(=O)c2ccc(NS(C)(=O)=O)cc2)CC1. The molecule has 126 valence electrons. The van der Waals surface area contributed by atoms with E-state index in [2.05, 4.69) is 4.72 Å². The summed E-state index contributed by atoms with van der Waals surface area (Å²) in [5.41, 5.74) is 1.02. The number of benzene rings is 1. The average molecular weight is 339 g/mol. The number of nitrogens with one attached hydrogen (secondary N) is 1. The number of nitrogens with zero attached hydrogens (tertiary/aromatic N) is 1. The van der Waals surface area contributed by atoms with E-state index in [1.54, 1.807) is 31.2 Å². The van der Waals surface area contributed by atoms with Gasteiger partial charge in [0.15, 0.2) is 5.78 Å². The molecule has 7 heteroatoms. The fourth-order valence-electron chi connectivity index (χ4n) is 2.87. The molecule has 1 aromatic carbocycles. The van der Waals surface area contributed by atoms with Crippen LogP contribution < -0.4 is 4.72 Å². The van der Waals surface area contributed by atoms with Crippen LogP contribution in [0.1, 0.15) is 30.1 Å². The normalized spacial score (nSPS) is 24.9. The lowest BCUT2D eigenvalue weighted by Gasteiger charge is -2.37. The summed E-state index contributed by atoms with van der Waals surface area (Å²) in [5.74, 6) is 0.118. The number of ketones is 1. The number of Topliss-reactive ketones (excluding diaryl/α,β-unsaturated/α-hetero) is 1. The summed E-state index contributed by atoms with van der Waals surface area (Å²) in [6.07, 6.45) is 2.47. The predicted octanol–water partition coefficient (Wildman–Crippen LogP) is 1.64. The minimum atomic E-state index is -3.32. The molecule has 1 aromatic rings. The topological polar surface area (TPSA) is 80.3 Å². The highest BCUT2D eigenvalue weighted by Crippen LogP contribution is 2.26. The first-order chi connectivity index (χ1) is 10.6. The first-order valence-electron chi connectivity index (χ1n) is 7.58. The van der Waals surface area contributed by atoms with E-state index in [1.807, 2.05) is 7.05 Å². The molecule has 0 aliphatic carbocycles. The molecule has 1 aliphatic rings. The quantitative estimate of drug-likeness (QED) is 0.668. The molecule has 6 nitrogen and oxygen atoms in total. The average Bonchev–Trinajstić information content (AvgIpc) is 2.46. The molecule has 1 aliphatic heterocycles. The van der Waals surface area contributed by atoms with Gasteiger partial charge in [0.1, 0.15) is 0 Å². The number of piperidine rings is 1. The van der Waals surface area contributed by atoms with Crippen molar-refractivity contribution in [2.75, 3.05) is 31.1 Å². The second kappa shape index (κ2) is 6.41. The molecule has 0 unspecified atom stereocenters. The lowest BCUT2D eigenvalue weighted by atomic mass is 9.88. The zero-order chi connectivity index (χ0) is 17.3. The van der Waals surface area contributed by atoms with E-state index in [-0.39, 0.29) is 17.6 Å². The number of quaternary nitrogens is 1. The van der Waals surface area contributed by atoms with Crippen LogP contribution in [0.3, 0.4) is 0 Å². The van der Waals surface area contributed by atoms with Crippen LogP contribution in [0.15, 0.2) is 24.3 Å². The van der Waals surface area contributed by atoms with Crippen LogP contribution in [-0.2, 0) is 14.8 Å². The minimum Gasteiger partial charge on any atom is -0.294 e. The zero-order valence-electron chi connectivity index (χ0n) is 13.7. The molecule has 0 bridgehead atoms. The second-order valence-electron chi connectivity index (χ2n) is 6.45. The Labute approximate surface area is 137 Å². The maximum Gasteiger partial charge on any atom is 0.310 e. The monoisotopic (exact) mass is 339 g/mol. The Hall–Kier alpha value is -1.73. The first kappa shape index (κ1) is 17.6. The number of hydrogen-bond acceptors (Lipinski definition) is 4. The summed E-state index contributed by atoms with van der Waals surface area (Å²) in [7, 11) is -1.41. The molecule has 23 heavy (non-hydrogen) atoms. The Morgan fingerprint density at radius 2 is 1.65 bits per heavy atom. The molecule has 2 rings (SSSR count). The number of hydrogen-bond donors (Lipinski definition) is 1. The van der Waals surface area contributed by atoms with Crippen molar-refractivity contribution in [2.45, 2.75) is 19.8 Å². The molecule has 1 fully saturated rings. The number of carbonyl (C=O) groups is 2. The van der Waals surface area contributed by atoms with Gasteiger partial charge in [-0.15, -0.1) is 0 Å². The van der Waals surface area contributed by atoms with Crippen molar-refractivity contribution >= 4 is 27.4 Å². The summed E-state index contributed by atoms with van der Waals surface area (Å²) < 4.78 is 25.1. The first-order valence-corrected chi connectivity index (χ1v) is 9.48. The number of amides is 1. The molecule has 0 atom stereocenters. The maximum atomic E-state index is 12.5. The molecule has 1 heterocycles. The third kappa shape index (κ3) is 4.39. The van der Waals surface area contributed by atoms with Crippen LogP contribution >= 0.6 is 0 Å². The van der Waals surface area contributed by atoms with Crippen LogP contribution in [0.2, 0.25) is 0 Å². The Morgan fingerprint density at radius 3 is 2.09 bits per heavy atom. The summed E-state index contributed by atoms with van der Waals surface area (Å²) >= 11 is 0. The van der Waals surface area contributed by atoms with E-state index in [0.29, 0.717) is 41.7 Å². The number of rotatable bonds is 4. The second-order valence-corrected chi connectivity index (χ2v) is 8.20. The van der Waals surface area contributed by atoms with Crippen LogP contribution in [-0.4, -0.2) is 51.0 Å². The van der Waals surface area contributed by atoms with Gasteiger partial charge in [-0.05, 0) is 24.3 Å². The Morgan fingerprint density at radius 1 is 1.13 bits per heavy atom. The van der Waals surface area contributed by atoms with Gasteiger partial charge in [0.25, 0.3) is 0 Å². The summed E-state index contributed by atoms with van der Waals surface area (Å²) in [4.78, 5) is 24.2. The maximum absolute atomic E-state index is 12.5. The summed E-state index contributed by atoms with van der Waals surface area (Å²) in [5, 5.41) is 0. The zero-order valence-corrected chi connectivity index (χ0v) is 14.5. The van der Waals surface area contributed by atoms with Gasteiger partial charge < -0.3 is 0 Å². The fourth-order valence-corrected chi connectivity index (χ4v) is 3.43. The van der Waals surface area contributed by atoms with Crippen LogP contribution in [0.5, 0.6) is 0 Å². The fraction of sp³-hybridized carbons (Fsp3) is 0.500. The molecule has 0 saturated carbocycles. The Balaban J connectivity index is 2.03. The van der Waals surface area contributed by atoms with Crippen molar-refractivity contribution in [3.8, 4) is 0 Å². The number of anilines is 1. The van der Waals surface area contributed by atoms with E-state index in [0.717, 1.165) is 6.26 Å². The summed E-state index contributed by atoms with van der Waals surface area (Å²) in [6, 6.07) is 6.46. The van der Waals surface area contributed by atoms with Crippen molar-refractivity contribution < 1.29 is 22.5 Å². The molecular weight excluding hydrogens is 316 g/mol. The van der Waals surface area contributed by atoms with E-state index in [1.165, 1.54) is 0 Å². The molecule has 0 radical (unpaired) electrons. The standard InChI is InChI=1S/C16H22N2O4S/c1-12(19)18(2)10-8-14(9-11-18)16(20)13-4-6-15(7-5-13)17-23(3,21)22/h4-7,14H,8-11H2,1-3H3/p+1. The van der Waals surface area contributed by atoms with Gasteiger partial charge in [0.2, 0.25) is 10.0 Å². The molecular formula is C16H23N2O4S+. The van der Waals surface area contributed by atoms with Gasteiger partial charge in [-0.2, -0.15) is 0 Å². The number of carbonyl (C=O) groups excluding carboxylic acids is 2. The van der Waals surface area contributed by atoms with Crippen molar-refractivity contribution in [1.82, 2.24) is 0 Å². The molecule has 0 spiro atoms. The molecule has 0 aromatic heterocycles. The van der Waals surface area contributed by atoms with Crippen LogP contribution in [0.25, 0.3) is 0 Å². The van der Waals surface area contributed by atoms with Gasteiger partial charge in [0.05, 0.1) is 33.3 Å². The van der Waals surface area contributed by atoms with Gasteiger partial charge in [-0.3, -0.25) is 14.0 Å². The van der Waals surface area contributed by atoms with Crippen LogP contribution in [0, 0.1) is 5.92 Å². The third-order valence-electron chi connectivity index (χ3n) is 4.55. The van der Waals surface area contributed by atoms with E-state index >= 15 is 0 Å². The Bertz CT molecular complexity index is 702. The lowest BCUT2D eigenvalue weighted by Crippen LogP contribution is -2.53. The van der Waals surface area contributed by atoms with Gasteiger partial charge in [-0.25, -0.2) is 13.2 Å². The van der Waals surface area contributed by atoms with Crippen molar-refractivity contribution in [1.29, 1.82) is 0 Å². The summed E-state index contributed by atoms with van der Waals surface area (Å²) in [6.45, 7) is 2.95. The van der Waals surface area contributed by atoms with Crippen molar-refractivity contribution in [2.24, 2.45) is 5.92 Å². The van der Waals surface area contributed by atoms with Crippen molar-refractivity contribution in [3.05, 3.63) is 29.8 Å². The van der Waals surface area contributed by atoms with E-state index in [4.69, 9.17) is 0 Å². The smallest absolute Gasteiger partial charge is 0.294 e. The van der Waals surface area contributed by atoms with Gasteiger partial charge in [0, 0.05) is 30.0 Å². The highest BCUT2D eigenvalue weighted by molar-refractivity contribution is 7.92. The largest absolute Gasteiger partial charge is 0.310 e. The number of sulfonamides is 1.